The van der Waals surface area contributed by atoms with E-state index in [1.807, 2.05) is 0 Å². The minimum Gasteiger partial charge on any atom is -0.394 e. The lowest BCUT2D eigenvalue weighted by molar-refractivity contribution is 0.147. The highest BCUT2D eigenvalue weighted by atomic mass is 16.3. The Hall–Kier alpha value is -1.99. The van der Waals surface area contributed by atoms with Crippen LogP contribution in [0.5, 0.6) is 0 Å². The summed E-state index contributed by atoms with van der Waals surface area (Å²) in [6, 6.07) is 3.01. The van der Waals surface area contributed by atoms with Crippen molar-refractivity contribution in [3.05, 3.63) is 28.7 Å². The molecule has 0 bridgehead atoms. The van der Waals surface area contributed by atoms with Gasteiger partial charge in [0.2, 0.25) is 11.5 Å². The Bertz CT molecular complexity index is 607. The van der Waals surface area contributed by atoms with Crippen molar-refractivity contribution in [3.63, 3.8) is 0 Å². The van der Waals surface area contributed by atoms with Crippen LogP contribution in [0.25, 0.3) is 11.0 Å². The van der Waals surface area contributed by atoms with Crippen LogP contribution in [-0.2, 0) is 0 Å². The first-order chi connectivity index (χ1) is 8.56. The van der Waals surface area contributed by atoms with Gasteiger partial charge in [-0.05, 0) is 13.0 Å². The van der Waals surface area contributed by atoms with Crippen LogP contribution in [0.15, 0.2) is 23.1 Å². The molecule has 0 spiro atoms. The third kappa shape index (κ3) is 2.47. The number of aromatic amines is 1. The first-order valence-corrected chi connectivity index (χ1v) is 5.42. The Labute approximate surface area is 103 Å². The van der Waals surface area contributed by atoms with Crippen LogP contribution in [0.1, 0.15) is 6.92 Å². The molecule has 18 heavy (non-hydrogen) atoms. The normalized spacial score (nSPS) is 11.7. The summed E-state index contributed by atoms with van der Waals surface area (Å²) in [6.07, 6.45) is 1.55. The van der Waals surface area contributed by atoms with Crippen molar-refractivity contribution in [3.8, 4) is 0 Å². The van der Waals surface area contributed by atoms with E-state index in [1.165, 1.54) is 6.07 Å². The monoisotopic (exact) mass is 250 g/mol. The van der Waals surface area contributed by atoms with Gasteiger partial charge in [0.1, 0.15) is 5.65 Å². The molecule has 4 N–H and O–H groups in total. The van der Waals surface area contributed by atoms with Gasteiger partial charge in [-0.15, -0.1) is 0 Å². The third-order valence-corrected chi connectivity index (χ3v) is 2.58. The maximum absolute atomic E-state index is 11.2. The molecule has 2 aromatic heterocycles. The molecular weight excluding hydrogens is 236 g/mol. The molecule has 0 radical (unpaired) electrons. The zero-order chi connectivity index (χ0) is 13.2. The molecule has 2 heterocycles. The van der Waals surface area contributed by atoms with Crippen LogP contribution in [-0.4, -0.2) is 43.9 Å². The number of pyridine rings is 1. The van der Waals surface area contributed by atoms with E-state index in [-0.39, 0.29) is 24.7 Å². The summed E-state index contributed by atoms with van der Waals surface area (Å²) in [6.45, 7) is 1.10. The average molecular weight is 250 g/mol. The number of aromatic nitrogens is 3. The van der Waals surface area contributed by atoms with Gasteiger partial charge in [-0.1, -0.05) is 0 Å². The fourth-order valence-electron chi connectivity index (χ4n) is 1.40. The van der Waals surface area contributed by atoms with Gasteiger partial charge < -0.3 is 20.5 Å². The predicted octanol–water partition coefficient (Wildman–Crippen LogP) is -0.527. The average Bonchev–Trinajstić information content (AvgIpc) is 2.38. The van der Waals surface area contributed by atoms with Crippen LogP contribution < -0.4 is 10.9 Å². The van der Waals surface area contributed by atoms with Crippen LogP contribution in [0, 0.1) is 0 Å². The molecule has 0 unspecified atom stereocenters. The zero-order valence-corrected chi connectivity index (χ0v) is 9.84. The van der Waals surface area contributed by atoms with Gasteiger partial charge in [0.05, 0.1) is 18.8 Å². The van der Waals surface area contributed by atoms with Gasteiger partial charge in [0, 0.05) is 17.6 Å². The smallest absolute Gasteiger partial charge is 0.249 e. The SMILES string of the molecule is CC(CO)(CO)Nc1ncc2ccc(=O)[nH]c2n1. The molecule has 0 fully saturated rings. The number of nitrogens with zero attached hydrogens (tertiary/aromatic N) is 2. The molecule has 0 aromatic carbocycles. The second kappa shape index (κ2) is 4.71. The number of fused-ring (bicyclic) bond motifs is 1. The van der Waals surface area contributed by atoms with E-state index >= 15 is 0 Å². The predicted molar refractivity (Wildman–Crippen MR) is 66.4 cm³/mol. The largest absolute Gasteiger partial charge is 0.394 e. The summed E-state index contributed by atoms with van der Waals surface area (Å²) >= 11 is 0. The number of H-pyrrole nitrogens is 1. The Kier molecular flexibility index (Phi) is 3.26. The summed E-state index contributed by atoms with van der Waals surface area (Å²) < 4.78 is 0. The van der Waals surface area contributed by atoms with Crippen molar-refractivity contribution < 1.29 is 10.2 Å². The molecule has 0 saturated heterocycles. The van der Waals surface area contributed by atoms with Crippen LogP contribution in [0.4, 0.5) is 5.95 Å². The molecule has 0 amide bonds. The number of anilines is 1. The lowest BCUT2D eigenvalue weighted by Crippen LogP contribution is -2.43. The van der Waals surface area contributed by atoms with E-state index in [2.05, 4.69) is 20.3 Å². The Morgan fingerprint density at radius 1 is 1.39 bits per heavy atom. The minimum absolute atomic E-state index is 0.231. The molecule has 96 valence electrons. The van der Waals surface area contributed by atoms with Gasteiger partial charge >= 0.3 is 0 Å². The Balaban J connectivity index is 2.38. The number of aliphatic hydroxyl groups excluding tert-OH is 2. The van der Waals surface area contributed by atoms with Crippen molar-refractivity contribution >= 4 is 17.0 Å². The zero-order valence-electron chi connectivity index (χ0n) is 9.84. The van der Waals surface area contributed by atoms with E-state index < -0.39 is 5.54 Å². The van der Waals surface area contributed by atoms with Crippen molar-refractivity contribution in [1.82, 2.24) is 15.0 Å². The lowest BCUT2D eigenvalue weighted by Gasteiger charge is -2.25. The molecule has 0 aliphatic heterocycles. The Morgan fingerprint density at radius 3 is 2.78 bits per heavy atom. The summed E-state index contributed by atoms with van der Waals surface area (Å²) in [7, 11) is 0. The highest BCUT2D eigenvalue weighted by Gasteiger charge is 2.23. The number of aliphatic hydroxyl groups is 2. The van der Waals surface area contributed by atoms with Gasteiger partial charge in [0.15, 0.2) is 0 Å². The van der Waals surface area contributed by atoms with Gasteiger partial charge in [-0.2, -0.15) is 4.98 Å². The number of hydrogen-bond acceptors (Lipinski definition) is 6. The Morgan fingerprint density at radius 2 is 2.11 bits per heavy atom. The van der Waals surface area contributed by atoms with Gasteiger partial charge in [0.25, 0.3) is 0 Å². The lowest BCUT2D eigenvalue weighted by atomic mass is 10.1. The quantitative estimate of drug-likeness (QED) is 0.580. The number of rotatable bonds is 4. The molecule has 2 rings (SSSR count). The van der Waals surface area contributed by atoms with Gasteiger partial charge in [-0.25, -0.2) is 4.98 Å². The van der Waals surface area contributed by atoms with E-state index in [9.17, 15) is 4.79 Å². The maximum atomic E-state index is 11.2. The molecule has 0 aliphatic carbocycles. The summed E-state index contributed by atoms with van der Waals surface area (Å²) in [5.41, 5.74) is -0.764. The van der Waals surface area contributed by atoms with E-state index in [1.54, 1.807) is 19.2 Å². The van der Waals surface area contributed by atoms with Crippen LogP contribution >= 0.6 is 0 Å². The molecule has 7 heteroatoms. The highest BCUT2D eigenvalue weighted by Crippen LogP contribution is 2.12. The second-order valence-electron chi connectivity index (χ2n) is 4.32. The second-order valence-corrected chi connectivity index (χ2v) is 4.32. The van der Waals surface area contributed by atoms with E-state index in [0.717, 1.165) is 0 Å². The summed E-state index contributed by atoms with van der Waals surface area (Å²) in [5, 5.41) is 21.9. The van der Waals surface area contributed by atoms with Crippen LogP contribution in [0.2, 0.25) is 0 Å². The van der Waals surface area contributed by atoms with Crippen molar-refractivity contribution in [1.29, 1.82) is 0 Å². The molecule has 0 saturated carbocycles. The van der Waals surface area contributed by atoms with E-state index in [0.29, 0.717) is 11.0 Å². The molecule has 0 atom stereocenters. The molecule has 2 aromatic rings. The number of hydrogen-bond donors (Lipinski definition) is 4. The molecular formula is C11H14N4O3. The van der Waals surface area contributed by atoms with Crippen molar-refractivity contribution in [2.75, 3.05) is 18.5 Å². The standard InChI is InChI=1S/C11H14N4O3/c1-11(5-16,6-17)15-10-12-4-7-2-3-8(18)13-9(7)14-10/h2-4,16-17H,5-6H2,1H3,(H2,12,13,14,15,18). The first-order valence-electron chi connectivity index (χ1n) is 5.42. The maximum Gasteiger partial charge on any atom is 0.249 e. The van der Waals surface area contributed by atoms with Crippen LogP contribution in [0.3, 0.4) is 0 Å². The molecule has 7 nitrogen and oxygen atoms in total. The highest BCUT2D eigenvalue weighted by molar-refractivity contribution is 5.74. The van der Waals surface area contributed by atoms with E-state index in [4.69, 9.17) is 10.2 Å². The number of nitrogens with one attached hydrogen (secondary N) is 2. The summed E-state index contributed by atoms with van der Waals surface area (Å²) in [4.78, 5) is 21.9. The van der Waals surface area contributed by atoms with Gasteiger partial charge in [-0.3, -0.25) is 4.79 Å². The van der Waals surface area contributed by atoms with Crippen molar-refractivity contribution in [2.24, 2.45) is 0 Å². The minimum atomic E-state index is -0.914. The van der Waals surface area contributed by atoms with Crippen molar-refractivity contribution in [2.45, 2.75) is 12.5 Å². The topological polar surface area (TPSA) is 111 Å². The summed E-state index contributed by atoms with van der Waals surface area (Å²) in [5.74, 6) is 0.231. The molecule has 0 aliphatic rings. The fourth-order valence-corrected chi connectivity index (χ4v) is 1.40. The third-order valence-electron chi connectivity index (χ3n) is 2.58. The fraction of sp³-hybridized carbons (Fsp3) is 0.364. The first kappa shape index (κ1) is 12.5.